The Morgan fingerprint density at radius 3 is 2.35 bits per heavy atom. The first-order chi connectivity index (χ1) is 14.5. The van der Waals surface area contributed by atoms with Crippen molar-refractivity contribution in [2.45, 2.75) is 38.6 Å². The maximum absolute atomic E-state index is 13.6. The van der Waals surface area contributed by atoms with Gasteiger partial charge in [0.15, 0.2) is 0 Å². The maximum atomic E-state index is 13.6. The van der Waals surface area contributed by atoms with E-state index < -0.39 is 12.1 Å². The summed E-state index contributed by atoms with van der Waals surface area (Å²) in [5.41, 5.74) is 1.69. The molecule has 0 aliphatic heterocycles. The van der Waals surface area contributed by atoms with Gasteiger partial charge in [0.1, 0.15) is 17.3 Å². The van der Waals surface area contributed by atoms with Crippen LogP contribution in [0.5, 0.6) is 11.5 Å². The number of carboxylic acids is 1. The zero-order valence-electron chi connectivity index (χ0n) is 16.5. The SMILES string of the molecule is Cc1cc(Cl)ccc1Oc1ccc(F)cc1CNCC1CC(O)C1.O=C(O)C(F)(F)F. The number of nitrogens with one attached hydrogen (secondary N) is 1. The number of aliphatic carboxylic acids is 1. The first kappa shape index (κ1) is 24.9. The highest BCUT2D eigenvalue weighted by molar-refractivity contribution is 6.30. The molecule has 5 nitrogen and oxygen atoms in total. The van der Waals surface area contributed by atoms with E-state index in [2.05, 4.69) is 5.32 Å². The molecule has 1 aliphatic carbocycles. The molecule has 0 saturated heterocycles. The highest BCUT2D eigenvalue weighted by Crippen LogP contribution is 2.30. The van der Waals surface area contributed by atoms with E-state index in [1.165, 1.54) is 12.1 Å². The molecular formula is C21H22ClF4NO4. The molecule has 170 valence electrons. The van der Waals surface area contributed by atoms with Gasteiger partial charge in [-0.3, -0.25) is 0 Å². The van der Waals surface area contributed by atoms with Crippen molar-refractivity contribution in [3.05, 3.63) is 58.4 Å². The second-order valence-electron chi connectivity index (χ2n) is 7.19. The van der Waals surface area contributed by atoms with Gasteiger partial charge in [-0.25, -0.2) is 9.18 Å². The Bertz CT molecular complexity index is 901. The predicted molar refractivity (Wildman–Crippen MR) is 107 cm³/mol. The number of aliphatic hydroxyl groups is 1. The third-order valence-corrected chi connectivity index (χ3v) is 4.82. The smallest absolute Gasteiger partial charge is 0.475 e. The van der Waals surface area contributed by atoms with E-state index in [-0.39, 0.29) is 11.9 Å². The van der Waals surface area contributed by atoms with Gasteiger partial charge in [-0.15, -0.1) is 0 Å². The van der Waals surface area contributed by atoms with Crippen LogP contribution in [-0.4, -0.2) is 35.0 Å². The van der Waals surface area contributed by atoms with Crippen LogP contribution in [0.3, 0.4) is 0 Å². The molecule has 0 atom stereocenters. The molecule has 0 radical (unpaired) electrons. The van der Waals surface area contributed by atoms with Gasteiger partial charge in [0.2, 0.25) is 0 Å². The number of hydrogen-bond acceptors (Lipinski definition) is 4. The second-order valence-corrected chi connectivity index (χ2v) is 7.63. The summed E-state index contributed by atoms with van der Waals surface area (Å²) in [6.45, 7) is 3.25. The normalized spacial score (nSPS) is 17.9. The van der Waals surface area contributed by atoms with Crippen LogP contribution in [0.2, 0.25) is 5.02 Å². The fourth-order valence-electron chi connectivity index (χ4n) is 2.91. The summed E-state index contributed by atoms with van der Waals surface area (Å²) in [7, 11) is 0. The fourth-order valence-corrected chi connectivity index (χ4v) is 3.14. The minimum absolute atomic E-state index is 0.155. The number of carboxylic acid groups (broad SMARTS) is 1. The number of ether oxygens (including phenoxy) is 1. The van der Waals surface area contributed by atoms with Crippen LogP contribution in [0.1, 0.15) is 24.0 Å². The summed E-state index contributed by atoms with van der Waals surface area (Å²) < 4.78 is 51.3. The molecule has 2 aromatic rings. The molecule has 0 amide bonds. The van der Waals surface area contributed by atoms with Gasteiger partial charge >= 0.3 is 12.1 Å². The van der Waals surface area contributed by atoms with Crippen LogP contribution in [0.15, 0.2) is 36.4 Å². The molecule has 0 bridgehead atoms. The number of hydrogen-bond donors (Lipinski definition) is 3. The summed E-state index contributed by atoms with van der Waals surface area (Å²) >= 11 is 5.97. The topological polar surface area (TPSA) is 78.8 Å². The fraction of sp³-hybridized carbons (Fsp3) is 0.381. The zero-order valence-corrected chi connectivity index (χ0v) is 17.3. The minimum Gasteiger partial charge on any atom is -0.475 e. The van der Waals surface area contributed by atoms with E-state index in [1.54, 1.807) is 12.1 Å². The molecule has 3 rings (SSSR count). The first-order valence-electron chi connectivity index (χ1n) is 9.37. The van der Waals surface area contributed by atoms with Crippen LogP contribution < -0.4 is 10.1 Å². The highest BCUT2D eigenvalue weighted by Gasteiger charge is 2.38. The third kappa shape index (κ3) is 8.01. The van der Waals surface area contributed by atoms with E-state index in [1.807, 2.05) is 19.1 Å². The maximum Gasteiger partial charge on any atom is 0.490 e. The molecule has 0 aromatic heterocycles. The molecule has 0 spiro atoms. The largest absolute Gasteiger partial charge is 0.490 e. The standard InChI is InChI=1S/C19H21ClFNO2.C2HF3O2/c1-12-6-15(20)2-4-18(12)24-19-5-3-16(21)9-14(19)11-22-10-13-7-17(23)8-13;3-2(4,5)1(6)7/h2-6,9,13,17,22-23H,7-8,10-11H2,1H3;(H,6,7). The summed E-state index contributed by atoms with van der Waals surface area (Å²) in [6.07, 6.45) is -3.56. The van der Waals surface area contributed by atoms with Gasteiger partial charge in [-0.1, -0.05) is 11.6 Å². The Hall–Kier alpha value is -2.36. The van der Waals surface area contributed by atoms with Gasteiger partial charge < -0.3 is 20.3 Å². The second kappa shape index (κ2) is 10.8. The lowest BCUT2D eigenvalue weighted by Gasteiger charge is -2.31. The van der Waals surface area contributed by atoms with Crippen molar-refractivity contribution in [2.75, 3.05) is 6.54 Å². The van der Waals surface area contributed by atoms with Crippen molar-refractivity contribution in [2.24, 2.45) is 5.92 Å². The molecule has 10 heteroatoms. The first-order valence-corrected chi connectivity index (χ1v) is 9.75. The number of carbonyl (C=O) groups is 1. The molecule has 0 unspecified atom stereocenters. The van der Waals surface area contributed by atoms with Crippen molar-refractivity contribution < 1.29 is 37.3 Å². The molecule has 1 fully saturated rings. The van der Waals surface area contributed by atoms with Crippen molar-refractivity contribution in [3.63, 3.8) is 0 Å². The van der Waals surface area contributed by atoms with E-state index in [0.717, 1.165) is 30.5 Å². The van der Waals surface area contributed by atoms with Gasteiger partial charge in [-0.05, 0) is 74.2 Å². The highest BCUT2D eigenvalue weighted by atomic mass is 35.5. The summed E-state index contributed by atoms with van der Waals surface area (Å²) in [4.78, 5) is 8.90. The number of rotatable bonds is 6. The Morgan fingerprint density at radius 1 is 1.19 bits per heavy atom. The average molecular weight is 464 g/mol. The van der Waals surface area contributed by atoms with E-state index >= 15 is 0 Å². The lowest BCUT2D eigenvalue weighted by Crippen LogP contribution is -2.35. The molecule has 2 aromatic carbocycles. The van der Waals surface area contributed by atoms with Crippen molar-refractivity contribution in [1.29, 1.82) is 0 Å². The molecular weight excluding hydrogens is 442 g/mol. The third-order valence-electron chi connectivity index (χ3n) is 4.58. The number of aryl methyl sites for hydroxylation is 1. The Kier molecular flexibility index (Phi) is 8.67. The Morgan fingerprint density at radius 2 is 1.81 bits per heavy atom. The van der Waals surface area contributed by atoms with Crippen LogP contribution in [0.4, 0.5) is 17.6 Å². The molecule has 1 aliphatic rings. The van der Waals surface area contributed by atoms with E-state index in [9.17, 15) is 22.7 Å². The van der Waals surface area contributed by atoms with Gasteiger partial charge in [-0.2, -0.15) is 13.2 Å². The van der Waals surface area contributed by atoms with Gasteiger partial charge in [0.05, 0.1) is 6.10 Å². The quantitative estimate of drug-likeness (QED) is 0.521. The Balaban J connectivity index is 0.000000423. The van der Waals surface area contributed by atoms with Crippen molar-refractivity contribution in [1.82, 2.24) is 5.32 Å². The van der Waals surface area contributed by atoms with E-state index in [0.29, 0.717) is 29.0 Å². The van der Waals surface area contributed by atoms with E-state index in [4.69, 9.17) is 26.2 Å². The van der Waals surface area contributed by atoms with Crippen LogP contribution >= 0.6 is 11.6 Å². The number of aliphatic hydroxyl groups excluding tert-OH is 1. The minimum atomic E-state index is -5.08. The monoisotopic (exact) mass is 463 g/mol. The molecule has 1 saturated carbocycles. The van der Waals surface area contributed by atoms with Crippen LogP contribution in [0.25, 0.3) is 0 Å². The Labute approximate surface area is 181 Å². The number of benzene rings is 2. The summed E-state index contributed by atoms with van der Waals surface area (Å²) in [5.74, 6) is -1.22. The van der Waals surface area contributed by atoms with Crippen LogP contribution in [-0.2, 0) is 11.3 Å². The van der Waals surface area contributed by atoms with Gasteiger partial charge in [0.25, 0.3) is 0 Å². The van der Waals surface area contributed by atoms with Gasteiger partial charge in [0, 0.05) is 17.1 Å². The summed E-state index contributed by atoms with van der Waals surface area (Å²) in [6, 6.07) is 9.95. The number of halogens is 5. The van der Waals surface area contributed by atoms with Crippen molar-refractivity contribution >= 4 is 17.6 Å². The average Bonchev–Trinajstić information content (AvgIpc) is 2.64. The van der Waals surface area contributed by atoms with Crippen molar-refractivity contribution in [3.8, 4) is 11.5 Å². The molecule has 3 N–H and O–H groups in total. The zero-order chi connectivity index (χ0) is 23.2. The lowest BCUT2D eigenvalue weighted by atomic mass is 9.82. The predicted octanol–water partition coefficient (Wildman–Crippen LogP) is 5.07. The molecule has 31 heavy (non-hydrogen) atoms. The van der Waals surface area contributed by atoms with Crippen LogP contribution in [0, 0.1) is 18.7 Å². The molecule has 0 heterocycles. The lowest BCUT2D eigenvalue weighted by molar-refractivity contribution is -0.192. The summed E-state index contributed by atoms with van der Waals surface area (Å²) in [5, 5.41) is 20.4. The number of alkyl halides is 3.